The predicted molar refractivity (Wildman–Crippen MR) is 93.2 cm³/mol. The Morgan fingerprint density at radius 1 is 1.12 bits per heavy atom. The van der Waals surface area contributed by atoms with E-state index in [1.807, 2.05) is 0 Å². The van der Waals surface area contributed by atoms with Crippen LogP contribution in [0, 0.1) is 5.82 Å². The molecule has 0 aliphatic carbocycles. The SMILES string of the molecule is C/C(CC(=O)NCc1ccc(F)cc1)=N\NC(=O)c1ccc(O)cc1O. The lowest BCUT2D eigenvalue weighted by molar-refractivity contribution is -0.120. The van der Waals surface area contributed by atoms with Crippen molar-refractivity contribution in [2.45, 2.75) is 19.9 Å². The van der Waals surface area contributed by atoms with Crippen molar-refractivity contribution < 1.29 is 24.2 Å². The molecule has 2 amide bonds. The molecule has 0 saturated heterocycles. The molecule has 0 saturated carbocycles. The Hall–Kier alpha value is -3.42. The molecule has 0 atom stereocenters. The van der Waals surface area contributed by atoms with Crippen molar-refractivity contribution in [2.75, 3.05) is 0 Å². The zero-order valence-corrected chi connectivity index (χ0v) is 14.0. The van der Waals surface area contributed by atoms with E-state index >= 15 is 0 Å². The van der Waals surface area contributed by atoms with Crippen LogP contribution in [0.3, 0.4) is 0 Å². The van der Waals surface area contributed by atoms with Gasteiger partial charge in [-0.2, -0.15) is 5.10 Å². The van der Waals surface area contributed by atoms with Crippen molar-refractivity contribution >= 4 is 17.5 Å². The molecule has 0 heterocycles. The van der Waals surface area contributed by atoms with E-state index in [0.29, 0.717) is 5.71 Å². The van der Waals surface area contributed by atoms with Gasteiger partial charge in [0.2, 0.25) is 5.91 Å². The van der Waals surface area contributed by atoms with Gasteiger partial charge in [-0.05, 0) is 36.8 Å². The Morgan fingerprint density at radius 3 is 2.46 bits per heavy atom. The third-order valence-corrected chi connectivity index (χ3v) is 3.39. The van der Waals surface area contributed by atoms with Gasteiger partial charge in [-0.15, -0.1) is 0 Å². The van der Waals surface area contributed by atoms with E-state index in [-0.39, 0.29) is 41.8 Å². The number of hydrogen-bond donors (Lipinski definition) is 4. The number of hydrogen-bond acceptors (Lipinski definition) is 5. The van der Waals surface area contributed by atoms with Gasteiger partial charge < -0.3 is 15.5 Å². The lowest BCUT2D eigenvalue weighted by atomic mass is 10.2. The van der Waals surface area contributed by atoms with Crippen LogP contribution in [0.15, 0.2) is 47.6 Å². The summed E-state index contributed by atoms with van der Waals surface area (Å²) in [5, 5.41) is 25.3. The smallest absolute Gasteiger partial charge is 0.275 e. The van der Waals surface area contributed by atoms with Crippen molar-refractivity contribution in [3.8, 4) is 11.5 Å². The van der Waals surface area contributed by atoms with Crippen molar-refractivity contribution in [1.82, 2.24) is 10.7 Å². The zero-order valence-electron chi connectivity index (χ0n) is 14.0. The highest BCUT2D eigenvalue weighted by molar-refractivity contribution is 6.01. The molecular weight excluding hydrogens is 341 g/mol. The first-order valence-electron chi connectivity index (χ1n) is 7.72. The molecule has 0 radical (unpaired) electrons. The summed E-state index contributed by atoms with van der Waals surface area (Å²) < 4.78 is 12.8. The number of amides is 2. The second kappa shape index (κ2) is 8.61. The second-order valence-electron chi connectivity index (χ2n) is 5.57. The normalized spacial score (nSPS) is 11.1. The minimum Gasteiger partial charge on any atom is -0.508 e. The van der Waals surface area contributed by atoms with Crippen molar-refractivity contribution in [1.29, 1.82) is 0 Å². The maximum Gasteiger partial charge on any atom is 0.275 e. The lowest BCUT2D eigenvalue weighted by Gasteiger charge is -2.06. The highest BCUT2D eigenvalue weighted by Gasteiger charge is 2.11. The number of phenols is 2. The van der Waals surface area contributed by atoms with Gasteiger partial charge in [0, 0.05) is 18.3 Å². The summed E-state index contributed by atoms with van der Waals surface area (Å²) in [6, 6.07) is 9.30. The molecule has 2 aromatic carbocycles. The summed E-state index contributed by atoms with van der Waals surface area (Å²) in [6.07, 6.45) is -0.0387. The number of phenolic OH excluding ortho intramolecular Hbond substituents is 2. The number of hydrazone groups is 1. The summed E-state index contributed by atoms with van der Waals surface area (Å²) in [4.78, 5) is 23.8. The van der Waals surface area contributed by atoms with Crippen molar-refractivity contribution in [3.63, 3.8) is 0 Å². The van der Waals surface area contributed by atoms with Gasteiger partial charge >= 0.3 is 0 Å². The van der Waals surface area contributed by atoms with Crippen LogP contribution in [0.1, 0.15) is 29.3 Å². The topological polar surface area (TPSA) is 111 Å². The van der Waals surface area contributed by atoms with E-state index < -0.39 is 5.91 Å². The van der Waals surface area contributed by atoms with Gasteiger partial charge in [-0.1, -0.05) is 12.1 Å². The Morgan fingerprint density at radius 2 is 1.81 bits per heavy atom. The van der Waals surface area contributed by atoms with Crippen molar-refractivity contribution in [2.24, 2.45) is 5.10 Å². The molecule has 8 heteroatoms. The molecule has 2 rings (SSSR count). The number of halogens is 1. The standard InChI is InChI=1S/C18H18FN3O4/c1-11(8-17(25)20-10-12-2-4-13(19)5-3-12)21-22-18(26)15-7-6-14(23)9-16(15)24/h2-7,9,23-24H,8,10H2,1H3,(H,20,25)(H,22,26)/b21-11+. The quantitative estimate of drug-likeness (QED) is 0.467. The second-order valence-corrected chi connectivity index (χ2v) is 5.57. The van der Waals surface area contributed by atoms with Crippen LogP contribution < -0.4 is 10.7 Å². The maximum atomic E-state index is 12.8. The highest BCUT2D eigenvalue weighted by atomic mass is 19.1. The third-order valence-electron chi connectivity index (χ3n) is 3.39. The summed E-state index contributed by atoms with van der Waals surface area (Å²) in [5.41, 5.74) is 3.28. The zero-order chi connectivity index (χ0) is 19.1. The van der Waals surface area contributed by atoms with Crippen LogP contribution in [0.5, 0.6) is 11.5 Å². The molecule has 136 valence electrons. The van der Waals surface area contributed by atoms with Gasteiger partial charge in [0.1, 0.15) is 17.3 Å². The van der Waals surface area contributed by atoms with E-state index in [1.165, 1.54) is 24.3 Å². The fraction of sp³-hybridized carbons (Fsp3) is 0.167. The summed E-state index contributed by atoms with van der Waals surface area (Å²) in [7, 11) is 0. The first kappa shape index (κ1) is 18.9. The first-order chi connectivity index (χ1) is 12.3. The average molecular weight is 359 g/mol. The summed E-state index contributed by atoms with van der Waals surface area (Å²) in [5.74, 6) is -1.88. The van der Waals surface area contributed by atoms with Crippen LogP contribution >= 0.6 is 0 Å². The molecule has 2 aromatic rings. The maximum absolute atomic E-state index is 12.8. The molecule has 4 N–H and O–H groups in total. The molecule has 0 spiro atoms. The van der Waals surface area contributed by atoms with E-state index in [2.05, 4.69) is 15.8 Å². The van der Waals surface area contributed by atoms with Gasteiger partial charge in [-0.25, -0.2) is 9.82 Å². The number of nitrogens with zero attached hydrogens (tertiary/aromatic N) is 1. The van der Waals surface area contributed by atoms with Gasteiger partial charge in [0.05, 0.1) is 12.0 Å². The molecule has 0 unspecified atom stereocenters. The molecule has 0 bridgehead atoms. The van der Waals surface area contributed by atoms with Crippen LogP contribution in [-0.4, -0.2) is 27.7 Å². The third kappa shape index (κ3) is 5.59. The minimum atomic E-state index is -0.673. The van der Waals surface area contributed by atoms with E-state index in [0.717, 1.165) is 11.6 Å². The first-order valence-corrected chi connectivity index (χ1v) is 7.72. The van der Waals surface area contributed by atoms with Crippen LogP contribution in [0.2, 0.25) is 0 Å². The Bertz CT molecular complexity index is 835. The molecular formula is C18H18FN3O4. The van der Waals surface area contributed by atoms with Gasteiger partial charge in [0.25, 0.3) is 5.91 Å². The molecule has 0 aromatic heterocycles. The molecule has 0 fully saturated rings. The summed E-state index contributed by atoms with van der Waals surface area (Å²) >= 11 is 0. The fourth-order valence-electron chi connectivity index (χ4n) is 2.06. The largest absolute Gasteiger partial charge is 0.508 e. The number of nitrogens with one attached hydrogen (secondary N) is 2. The number of benzene rings is 2. The van der Waals surface area contributed by atoms with Crippen LogP contribution in [0.4, 0.5) is 4.39 Å². The Balaban J connectivity index is 1.84. The van der Waals surface area contributed by atoms with Crippen LogP contribution in [0.25, 0.3) is 0 Å². The Labute approximate surface area is 149 Å². The number of carbonyl (C=O) groups is 2. The Kier molecular flexibility index (Phi) is 6.26. The van der Waals surface area contributed by atoms with E-state index in [1.54, 1.807) is 19.1 Å². The highest BCUT2D eigenvalue weighted by Crippen LogP contribution is 2.22. The number of rotatable bonds is 6. The molecule has 7 nitrogen and oxygen atoms in total. The predicted octanol–water partition coefficient (Wildman–Crippen LogP) is 2.05. The summed E-state index contributed by atoms with van der Waals surface area (Å²) in [6.45, 7) is 1.81. The lowest BCUT2D eigenvalue weighted by Crippen LogP contribution is -2.26. The average Bonchev–Trinajstić information content (AvgIpc) is 2.59. The van der Waals surface area contributed by atoms with Crippen LogP contribution in [-0.2, 0) is 11.3 Å². The van der Waals surface area contributed by atoms with Gasteiger partial charge in [-0.3, -0.25) is 9.59 Å². The van der Waals surface area contributed by atoms with Gasteiger partial charge in [0.15, 0.2) is 0 Å². The molecule has 0 aliphatic heterocycles. The number of aromatic hydroxyl groups is 2. The fourth-order valence-corrected chi connectivity index (χ4v) is 2.06. The molecule has 0 aliphatic rings. The molecule has 26 heavy (non-hydrogen) atoms. The minimum absolute atomic E-state index is 0.0387. The van der Waals surface area contributed by atoms with Crippen molar-refractivity contribution in [3.05, 3.63) is 59.4 Å². The van der Waals surface area contributed by atoms with E-state index in [4.69, 9.17) is 0 Å². The monoisotopic (exact) mass is 359 g/mol. The number of carbonyl (C=O) groups excluding carboxylic acids is 2. The van der Waals surface area contributed by atoms with E-state index in [9.17, 15) is 24.2 Å².